The molecule has 8 nitrogen and oxygen atoms in total. The van der Waals surface area contributed by atoms with E-state index in [-0.39, 0.29) is 18.4 Å². The first-order valence-corrected chi connectivity index (χ1v) is 12.6. The molecular weight excluding hydrogens is 464 g/mol. The zero-order valence-corrected chi connectivity index (χ0v) is 21.9. The highest BCUT2D eigenvalue weighted by Gasteiger charge is 2.34. The van der Waals surface area contributed by atoms with Crippen LogP contribution in [-0.2, 0) is 22.6 Å². The Morgan fingerprint density at radius 2 is 1.81 bits per heavy atom. The normalized spacial score (nSPS) is 12.3. The lowest BCUT2D eigenvalue weighted by Crippen LogP contribution is -2.51. The van der Waals surface area contributed by atoms with Crippen molar-refractivity contribution < 1.29 is 9.59 Å². The SMILES string of the molecule is CCC(C)(C)NC(=O)[C@H](c1cccnc1)N(CCc1ccccc1C)C(=O)Cn1nnc2ccccc21. The molecule has 192 valence electrons. The maximum Gasteiger partial charge on any atom is 0.247 e. The summed E-state index contributed by atoms with van der Waals surface area (Å²) in [5, 5.41) is 11.5. The van der Waals surface area contributed by atoms with Crippen LogP contribution in [0.2, 0.25) is 0 Å². The van der Waals surface area contributed by atoms with Gasteiger partial charge >= 0.3 is 0 Å². The molecule has 0 radical (unpaired) electrons. The third-order valence-electron chi connectivity index (χ3n) is 6.81. The minimum atomic E-state index is -0.842. The number of carbonyl (C=O) groups excluding carboxylic acids is 2. The number of rotatable bonds is 10. The highest BCUT2D eigenvalue weighted by atomic mass is 16.2. The molecule has 2 heterocycles. The van der Waals surface area contributed by atoms with Crippen molar-refractivity contribution in [1.29, 1.82) is 0 Å². The molecule has 1 atom stereocenters. The monoisotopic (exact) mass is 498 g/mol. The first kappa shape index (κ1) is 26.0. The summed E-state index contributed by atoms with van der Waals surface area (Å²) in [5.74, 6) is -0.455. The van der Waals surface area contributed by atoms with Crippen molar-refractivity contribution in [2.75, 3.05) is 6.54 Å². The Morgan fingerprint density at radius 3 is 2.54 bits per heavy atom. The third kappa shape index (κ3) is 6.20. The second-order valence-electron chi connectivity index (χ2n) is 9.92. The van der Waals surface area contributed by atoms with E-state index in [0.29, 0.717) is 24.0 Å². The van der Waals surface area contributed by atoms with E-state index in [4.69, 9.17) is 0 Å². The van der Waals surface area contributed by atoms with Gasteiger partial charge in [-0.15, -0.1) is 5.10 Å². The van der Waals surface area contributed by atoms with E-state index in [1.807, 2.05) is 63.2 Å². The summed E-state index contributed by atoms with van der Waals surface area (Å²) in [4.78, 5) is 33.6. The van der Waals surface area contributed by atoms with Gasteiger partial charge < -0.3 is 10.2 Å². The van der Waals surface area contributed by atoms with Crippen LogP contribution < -0.4 is 5.32 Å². The molecule has 0 fully saturated rings. The number of hydrogen-bond donors (Lipinski definition) is 1. The number of nitrogens with one attached hydrogen (secondary N) is 1. The molecule has 0 unspecified atom stereocenters. The van der Waals surface area contributed by atoms with E-state index in [9.17, 15) is 9.59 Å². The average Bonchev–Trinajstić information content (AvgIpc) is 3.30. The van der Waals surface area contributed by atoms with Crippen molar-refractivity contribution in [3.05, 3.63) is 89.7 Å². The molecule has 37 heavy (non-hydrogen) atoms. The summed E-state index contributed by atoms with van der Waals surface area (Å²) < 4.78 is 1.59. The molecule has 0 aliphatic rings. The number of amides is 2. The largest absolute Gasteiger partial charge is 0.349 e. The lowest BCUT2D eigenvalue weighted by Gasteiger charge is -2.34. The molecular formula is C29H34N6O2. The van der Waals surface area contributed by atoms with Gasteiger partial charge in [0.25, 0.3) is 0 Å². The van der Waals surface area contributed by atoms with Crippen LogP contribution in [0.4, 0.5) is 0 Å². The van der Waals surface area contributed by atoms with E-state index in [1.54, 1.807) is 28.0 Å². The second kappa shape index (κ2) is 11.3. The molecule has 0 saturated carbocycles. The van der Waals surface area contributed by atoms with Crippen LogP contribution in [0.3, 0.4) is 0 Å². The lowest BCUT2D eigenvalue weighted by atomic mass is 9.98. The smallest absolute Gasteiger partial charge is 0.247 e. The van der Waals surface area contributed by atoms with Crippen molar-refractivity contribution in [1.82, 2.24) is 30.2 Å². The molecule has 4 aromatic rings. The summed E-state index contributed by atoms with van der Waals surface area (Å²) >= 11 is 0. The van der Waals surface area contributed by atoms with Crippen molar-refractivity contribution in [3.63, 3.8) is 0 Å². The standard InChI is InChI=1S/C29H34N6O2/c1-5-29(3,4)31-28(37)27(23-13-10-17-30-19-23)34(18-16-22-12-7-6-11-21(22)2)26(36)20-35-25-15-9-8-14-24(25)32-33-35/h6-15,17,19,27H,5,16,18,20H2,1-4H3,(H,31,37)/t27-/m0/s1. The molecule has 8 heteroatoms. The second-order valence-corrected chi connectivity index (χ2v) is 9.92. The Bertz CT molecular complexity index is 1370. The zero-order valence-electron chi connectivity index (χ0n) is 21.9. The summed E-state index contributed by atoms with van der Waals surface area (Å²) in [6, 6.07) is 18.4. The van der Waals surface area contributed by atoms with Gasteiger partial charge in [0.2, 0.25) is 11.8 Å². The van der Waals surface area contributed by atoms with Crippen LogP contribution in [0.1, 0.15) is 49.9 Å². The van der Waals surface area contributed by atoms with Crippen LogP contribution >= 0.6 is 0 Å². The number of hydrogen-bond acceptors (Lipinski definition) is 5. The predicted octanol–water partition coefficient (Wildman–Crippen LogP) is 4.25. The minimum absolute atomic E-state index is 0.0322. The van der Waals surface area contributed by atoms with Crippen LogP contribution in [0.25, 0.3) is 11.0 Å². The molecule has 2 amide bonds. The molecule has 0 saturated heterocycles. The number of pyridine rings is 1. The average molecular weight is 499 g/mol. The molecule has 0 aliphatic heterocycles. The maximum absolute atomic E-state index is 14.0. The first-order valence-electron chi connectivity index (χ1n) is 12.6. The van der Waals surface area contributed by atoms with Gasteiger partial charge in [-0.3, -0.25) is 14.6 Å². The summed E-state index contributed by atoms with van der Waals surface area (Å²) in [6.07, 6.45) is 4.68. The topological polar surface area (TPSA) is 93.0 Å². The summed E-state index contributed by atoms with van der Waals surface area (Å²) in [6.45, 7) is 8.36. The highest BCUT2D eigenvalue weighted by Crippen LogP contribution is 2.24. The van der Waals surface area contributed by atoms with Gasteiger partial charge in [-0.25, -0.2) is 4.68 Å². The highest BCUT2D eigenvalue weighted by molar-refractivity contribution is 5.89. The molecule has 0 spiro atoms. The molecule has 0 bridgehead atoms. The fourth-order valence-electron chi connectivity index (χ4n) is 4.28. The van der Waals surface area contributed by atoms with Gasteiger partial charge in [0.15, 0.2) is 0 Å². The quantitative estimate of drug-likeness (QED) is 0.353. The van der Waals surface area contributed by atoms with Crippen molar-refractivity contribution in [2.24, 2.45) is 0 Å². The van der Waals surface area contributed by atoms with Crippen molar-refractivity contribution in [3.8, 4) is 0 Å². The van der Waals surface area contributed by atoms with Gasteiger partial charge in [-0.2, -0.15) is 0 Å². The summed E-state index contributed by atoms with van der Waals surface area (Å²) in [7, 11) is 0. The van der Waals surface area contributed by atoms with E-state index in [1.165, 1.54) is 0 Å². The number of carbonyl (C=O) groups is 2. The maximum atomic E-state index is 14.0. The van der Waals surface area contributed by atoms with Gasteiger partial charge in [0.05, 0.1) is 5.52 Å². The number of aryl methyl sites for hydroxylation is 1. The molecule has 2 aromatic heterocycles. The Morgan fingerprint density at radius 1 is 1.05 bits per heavy atom. The van der Waals surface area contributed by atoms with E-state index in [2.05, 4.69) is 39.7 Å². The molecule has 1 N–H and O–H groups in total. The van der Waals surface area contributed by atoms with Crippen molar-refractivity contribution in [2.45, 2.75) is 58.7 Å². The van der Waals surface area contributed by atoms with Gasteiger partial charge in [0.1, 0.15) is 18.1 Å². The Kier molecular flexibility index (Phi) is 7.96. The predicted molar refractivity (Wildman–Crippen MR) is 144 cm³/mol. The Hall–Kier alpha value is -4.07. The third-order valence-corrected chi connectivity index (χ3v) is 6.81. The van der Waals surface area contributed by atoms with E-state index in [0.717, 1.165) is 23.1 Å². The number of nitrogens with zero attached hydrogens (tertiary/aromatic N) is 5. The number of aromatic nitrogens is 4. The van der Waals surface area contributed by atoms with Crippen LogP contribution in [0, 0.1) is 6.92 Å². The van der Waals surface area contributed by atoms with Crippen LogP contribution in [-0.4, -0.2) is 48.8 Å². The first-order chi connectivity index (χ1) is 17.8. The Balaban J connectivity index is 1.71. The minimum Gasteiger partial charge on any atom is -0.349 e. The van der Waals surface area contributed by atoms with E-state index < -0.39 is 11.6 Å². The van der Waals surface area contributed by atoms with Gasteiger partial charge in [-0.05, 0) is 62.9 Å². The summed E-state index contributed by atoms with van der Waals surface area (Å²) in [5.41, 5.74) is 3.99. The fraction of sp³-hybridized carbons (Fsp3) is 0.345. The van der Waals surface area contributed by atoms with E-state index >= 15 is 0 Å². The molecule has 0 aliphatic carbocycles. The molecule has 4 rings (SSSR count). The van der Waals surface area contributed by atoms with Gasteiger partial charge in [0, 0.05) is 30.0 Å². The fourth-order valence-corrected chi connectivity index (χ4v) is 4.28. The van der Waals surface area contributed by atoms with Crippen LogP contribution in [0.5, 0.6) is 0 Å². The van der Waals surface area contributed by atoms with Gasteiger partial charge in [-0.1, -0.05) is 54.6 Å². The zero-order chi connectivity index (χ0) is 26.4. The van der Waals surface area contributed by atoms with Crippen molar-refractivity contribution >= 4 is 22.8 Å². The lowest BCUT2D eigenvalue weighted by molar-refractivity contribution is -0.142. The Labute approximate surface area is 217 Å². The molecule has 2 aromatic carbocycles. The number of fused-ring (bicyclic) bond motifs is 1. The number of benzene rings is 2. The number of para-hydroxylation sites is 1. The van der Waals surface area contributed by atoms with Crippen LogP contribution in [0.15, 0.2) is 73.1 Å².